The summed E-state index contributed by atoms with van der Waals surface area (Å²) in [5.41, 5.74) is 0.915. The van der Waals surface area contributed by atoms with E-state index in [4.69, 9.17) is 0 Å². The average molecular weight is 290 g/mol. The third-order valence-electron chi connectivity index (χ3n) is 5.01. The van der Waals surface area contributed by atoms with Crippen LogP contribution in [0.3, 0.4) is 0 Å². The van der Waals surface area contributed by atoms with Crippen LogP contribution in [0.15, 0.2) is 12.5 Å². The molecular formula is C16H26N4O. The van der Waals surface area contributed by atoms with Crippen molar-refractivity contribution in [1.82, 2.24) is 19.8 Å². The quantitative estimate of drug-likeness (QED) is 0.897. The number of H-pyrrole nitrogens is 1. The summed E-state index contributed by atoms with van der Waals surface area (Å²) in [5, 5.41) is 0. The van der Waals surface area contributed by atoms with Crippen LogP contribution in [0, 0.1) is 5.92 Å². The van der Waals surface area contributed by atoms with E-state index in [-0.39, 0.29) is 5.91 Å². The second-order valence-electron chi connectivity index (χ2n) is 6.46. The Morgan fingerprint density at radius 3 is 3.05 bits per heavy atom. The normalized spacial score (nSPS) is 26.6. The minimum Gasteiger partial charge on any atom is -0.348 e. The number of rotatable bonds is 5. The Kier molecular flexibility index (Phi) is 4.58. The lowest BCUT2D eigenvalue weighted by Crippen LogP contribution is -2.43. The van der Waals surface area contributed by atoms with E-state index >= 15 is 0 Å². The zero-order valence-corrected chi connectivity index (χ0v) is 12.9. The van der Waals surface area contributed by atoms with Gasteiger partial charge in [0.1, 0.15) is 0 Å². The molecule has 21 heavy (non-hydrogen) atoms. The molecule has 3 rings (SSSR count). The van der Waals surface area contributed by atoms with Crippen LogP contribution in [-0.4, -0.2) is 57.9 Å². The molecule has 2 aliphatic rings. The molecule has 0 saturated carbocycles. The fourth-order valence-electron chi connectivity index (χ4n) is 3.71. The monoisotopic (exact) mass is 290 g/mol. The van der Waals surface area contributed by atoms with Crippen LogP contribution in [0.5, 0.6) is 0 Å². The zero-order chi connectivity index (χ0) is 14.7. The molecule has 2 aliphatic heterocycles. The van der Waals surface area contributed by atoms with E-state index < -0.39 is 0 Å². The van der Waals surface area contributed by atoms with Crippen molar-refractivity contribution in [1.29, 1.82) is 0 Å². The van der Waals surface area contributed by atoms with Crippen LogP contribution in [0.25, 0.3) is 0 Å². The van der Waals surface area contributed by atoms with Crippen LogP contribution in [0.2, 0.25) is 0 Å². The minimum absolute atomic E-state index is 0.244. The predicted molar refractivity (Wildman–Crippen MR) is 81.9 cm³/mol. The van der Waals surface area contributed by atoms with E-state index in [2.05, 4.69) is 26.7 Å². The summed E-state index contributed by atoms with van der Waals surface area (Å²) < 4.78 is 0. The van der Waals surface area contributed by atoms with Gasteiger partial charge in [0.05, 0.1) is 12.7 Å². The first-order valence-electron chi connectivity index (χ1n) is 8.25. The van der Waals surface area contributed by atoms with Crippen LogP contribution < -0.4 is 0 Å². The van der Waals surface area contributed by atoms with Gasteiger partial charge in [0, 0.05) is 37.6 Å². The molecule has 2 fully saturated rings. The maximum absolute atomic E-state index is 12.5. The minimum atomic E-state index is 0.244. The maximum Gasteiger partial charge on any atom is 0.228 e. The fourth-order valence-corrected chi connectivity index (χ4v) is 3.71. The molecule has 5 heteroatoms. The second-order valence-corrected chi connectivity index (χ2v) is 6.46. The highest BCUT2D eigenvalue weighted by atomic mass is 16.2. The molecule has 116 valence electrons. The van der Waals surface area contributed by atoms with Gasteiger partial charge in [-0.25, -0.2) is 4.98 Å². The van der Waals surface area contributed by atoms with Gasteiger partial charge in [-0.3, -0.25) is 4.79 Å². The standard InChI is InChI=1S/C16H26N4O/c1-2-13-5-7-19(10-13)11-15-4-3-6-20(15)16(21)8-14-9-17-12-18-14/h9,12-13,15H,2-8,10-11H2,1H3,(H,17,18)/t13-,15?/m0/s1. The number of hydrogen-bond donors (Lipinski definition) is 1. The first-order chi connectivity index (χ1) is 10.3. The third-order valence-corrected chi connectivity index (χ3v) is 5.01. The van der Waals surface area contributed by atoms with Crippen LogP contribution in [0.1, 0.15) is 38.3 Å². The molecule has 3 heterocycles. The number of carbonyl (C=O) groups is 1. The summed E-state index contributed by atoms with van der Waals surface area (Å²) in [6.07, 6.45) is 8.74. The van der Waals surface area contributed by atoms with Gasteiger partial charge in [0.25, 0.3) is 0 Å². The molecule has 0 spiro atoms. The number of nitrogens with one attached hydrogen (secondary N) is 1. The summed E-state index contributed by atoms with van der Waals surface area (Å²) in [7, 11) is 0. The van der Waals surface area contributed by atoms with Crippen molar-refractivity contribution in [3.63, 3.8) is 0 Å². The molecule has 1 aromatic rings. The van der Waals surface area contributed by atoms with Crippen LogP contribution in [0.4, 0.5) is 0 Å². The highest BCUT2D eigenvalue weighted by Gasteiger charge is 2.32. The number of nitrogens with zero attached hydrogens (tertiary/aromatic N) is 3. The number of carbonyl (C=O) groups excluding carboxylic acids is 1. The second kappa shape index (κ2) is 6.60. The molecule has 0 aliphatic carbocycles. The Bertz CT molecular complexity index is 459. The van der Waals surface area contributed by atoms with E-state index in [0.29, 0.717) is 12.5 Å². The summed E-state index contributed by atoms with van der Waals surface area (Å²) >= 11 is 0. The van der Waals surface area contributed by atoms with Crippen molar-refractivity contribution in [3.05, 3.63) is 18.2 Å². The van der Waals surface area contributed by atoms with Crippen molar-refractivity contribution in [3.8, 4) is 0 Å². The molecule has 0 bridgehead atoms. The third kappa shape index (κ3) is 3.46. The molecule has 1 unspecified atom stereocenters. The molecule has 2 atom stereocenters. The van der Waals surface area contributed by atoms with Gasteiger partial charge in [-0.15, -0.1) is 0 Å². The molecule has 1 N–H and O–H groups in total. The predicted octanol–water partition coefficient (Wildman–Crippen LogP) is 1.68. The fraction of sp³-hybridized carbons (Fsp3) is 0.750. The molecule has 5 nitrogen and oxygen atoms in total. The highest BCUT2D eigenvalue weighted by molar-refractivity contribution is 5.78. The largest absolute Gasteiger partial charge is 0.348 e. The highest BCUT2D eigenvalue weighted by Crippen LogP contribution is 2.24. The number of aromatic nitrogens is 2. The van der Waals surface area contributed by atoms with E-state index in [0.717, 1.165) is 37.5 Å². The molecule has 1 amide bonds. The topological polar surface area (TPSA) is 52.2 Å². The van der Waals surface area contributed by atoms with Gasteiger partial charge in [-0.2, -0.15) is 0 Å². The van der Waals surface area contributed by atoms with E-state index in [1.165, 1.54) is 25.9 Å². The number of likely N-dealkylation sites (tertiary alicyclic amines) is 2. The number of aromatic amines is 1. The van der Waals surface area contributed by atoms with Crippen LogP contribution in [-0.2, 0) is 11.2 Å². The van der Waals surface area contributed by atoms with E-state index in [1.54, 1.807) is 12.5 Å². The lowest BCUT2D eigenvalue weighted by molar-refractivity contribution is -0.131. The molecule has 0 radical (unpaired) electrons. The van der Waals surface area contributed by atoms with E-state index in [1.807, 2.05) is 0 Å². The maximum atomic E-state index is 12.5. The molecule has 2 saturated heterocycles. The summed E-state index contributed by atoms with van der Waals surface area (Å²) in [4.78, 5) is 24.1. The van der Waals surface area contributed by atoms with Crippen molar-refractivity contribution in [2.75, 3.05) is 26.2 Å². The van der Waals surface area contributed by atoms with Crippen molar-refractivity contribution >= 4 is 5.91 Å². The van der Waals surface area contributed by atoms with Crippen LogP contribution >= 0.6 is 0 Å². The number of imidazole rings is 1. The van der Waals surface area contributed by atoms with Crippen molar-refractivity contribution in [2.24, 2.45) is 5.92 Å². The first-order valence-corrected chi connectivity index (χ1v) is 8.25. The lowest BCUT2D eigenvalue weighted by atomic mass is 10.1. The van der Waals surface area contributed by atoms with Gasteiger partial charge in [0.15, 0.2) is 0 Å². The van der Waals surface area contributed by atoms with Crippen molar-refractivity contribution < 1.29 is 4.79 Å². The smallest absolute Gasteiger partial charge is 0.228 e. The Balaban J connectivity index is 1.54. The molecule has 0 aromatic carbocycles. The summed E-state index contributed by atoms with van der Waals surface area (Å²) in [6.45, 7) is 6.69. The average Bonchev–Trinajstić information content (AvgIpc) is 3.20. The molecule has 1 aromatic heterocycles. The Morgan fingerprint density at radius 2 is 2.33 bits per heavy atom. The Hall–Kier alpha value is -1.36. The number of hydrogen-bond acceptors (Lipinski definition) is 3. The van der Waals surface area contributed by atoms with Gasteiger partial charge < -0.3 is 14.8 Å². The SMILES string of the molecule is CC[C@H]1CCN(CC2CCCN2C(=O)Cc2cnc[nH]2)C1. The molecular weight excluding hydrogens is 264 g/mol. The summed E-state index contributed by atoms with van der Waals surface area (Å²) in [6, 6.07) is 0.413. The number of amides is 1. The zero-order valence-electron chi connectivity index (χ0n) is 12.9. The van der Waals surface area contributed by atoms with Gasteiger partial charge in [-0.1, -0.05) is 13.3 Å². The Labute approximate surface area is 126 Å². The first kappa shape index (κ1) is 14.6. The summed E-state index contributed by atoms with van der Waals surface area (Å²) in [5.74, 6) is 1.11. The van der Waals surface area contributed by atoms with Crippen molar-refractivity contribution in [2.45, 2.75) is 45.1 Å². The van der Waals surface area contributed by atoms with Gasteiger partial charge in [0.2, 0.25) is 5.91 Å². The van der Waals surface area contributed by atoms with Gasteiger partial charge in [-0.05, 0) is 31.7 Å². The van der Waals surface area contributed by atoms with Gasteiger partial charge >= 0.3 is 0 Å². The van der Waals surface area contributed by atoms with E-state index in [9.17, 15) is 4.79 Å². The lowest BCUT2D eigenvalue weighted by Gasteiger charge is -2.28. The Morgan fingerprint density at radius 1 is 1.43 bits per heavy atom.